The molecule has 0 bridgehead atoms. The fourth-order valence-corrected chi connectivity index (χ4v) is 2.68. The third kappa shape index (κ3) is 4.37. The predicted octanol–water partition coefficient (Wildman–Crippen LogP) is 6.57. The van der Waals surface area contributed by atoms with Crippen LogP contribution in [0.15, 0.2) is 47.1 Å². The van der Waals surface area contributed by atoms with Crippen LogP contribution in [-0.2, 0) is 6.18 Å². The van der Waals surface area contributed by atoms with Gasteiger partial charge in [-0.15, -0.1) is 0 Å². The van der Waals surface area contributed by atoms with Crippen molar-refractivity contribution in [2.75, 3.05) is 5.32 Å². The minimum Gasteiger partial charge on any atom is -0.444 e. The molecule has 4 nitrogen and oxygen atoms in total. The molecule has 3 aromatic rings. The van der Waals surface area contributed by atoms with Gasteiger partial charge >= 0.3 is 6.18 Å². The van der Waals surface area contributed by atoms with Crippen LogP contribution in [0.25, 0.3) is 11.5 Å². The Balaban J connectivity index is 1.82. The number of carbonyl (C=O) groups is 1. The second kappa shape index (κ2) is 7.42. The molecule has 0 atom stereocenters. The normalized spacial score (nSPS) is 11.5. The first-order valence-corrected chi connectivity index (χ1v) is 8.37. The summed E-state index contributed by atoms with van der Waals surface area (Å²) in [6, 6.07) is 7.66. The molecule has 0 saturated carbocycles. The molecule has 0 aliphatic rings. The summed E-state index contributed by atoms with van der Waals surface area (Å²) < 4.78 is 43.9. The second-order valence-electron chi connectivity index (χ2n) is 5.31. The Bertz CT molecular complexity index is 1020. The van der Waals surface area contributed by atoms with Gasteiger partial charge < -0.3 is 9.73 Å². The summed E-state index contributed by atoms with van der Waals surface area (Å²) in [7, 11) is 0. The molecule has 27 heavy (non-hydrogen) atoms. The van der Waals surface area contributed by atoms with Gasteiger partial charge in [-0.2, -0.15) is 13.2 Å². The van der Waals surface area contributed by atoms with Crippen LogP contribution in [0.1, 0.15) is 16.1 Å². The Kier molecular flexibility index (Phi) is 5.37. The Morgan fingerprint density at radius 3 is 2.37 bits per heavy atom. The molecular formula is C17H8Cl3F3N2O2. The highest BCUT2D eigenvalue weighted by Crippen LogP contribution is 2.36. The van der Waals surface area contributed by atoms with E-state index in [0.29, 0.717) is 10.6 Å². The molecule has 1 amide bonds. The number of anilines is 1. The minimum atomic E-state index is -4.65. The summed E-state index contributed by atoms with van der Waals surface area (Å²) in [5.74, 6) is -0.647. The number of alkyl halides is 3. The van der Waals surface area contributed by atoms with Gasteiger partial charge in [0, 0.05) is 11.3 Å². The SMILES string of the molecule is O=C(Nc1ccc(Cl)c(C(F)(F)F)c1)c1coc(-c2ccc(Cl)c(Cl)c2)n1. The number of aromatic nitrogens is 1. The van der Waals surface area contributed by atoms with E-state index < -0.39 is 22.7 Å². The lowest BCUT2D eigenvalue weighted by Gasteiger charge is -2.11. The molecule has 140 valence electrons. The van der Waals surface area contributed by atoms with E-state index in [-0.39, 0.29) is 22.3 Å². The van der Waals surface area contributed by atoms with Gasteiger partial charge in [0.25, 0.3) is 5.91 Å². The lowest BCUT2D eigenvalue weighted by atomic mass is 10.2. The quantitative estimate of drug-likeness (QED) is 0.506. The zero-order valence-corrected chi connectivity index (χ0v) is 15.3. The molecule has 1 aromatic heterocycles. The number of carbonyl (C=O) groups excluding carboxylic acids is 1. The third-order valence-corrected chi connectivity index (χ3v) is 4.50. The van der Waals surface area contributed by atoms with Gasteiger partial charge in [-0.25, -0.2) is 4.98 Å². The maximum Gasteiger partial charge on any atom is 0.417 e. The van der Waals surface area contributed by atoms with Crippen molar-refractivity contribution < 1.29 is 22.4 Å². The van der Waals surface area contributed by atoms with E-state index in [1.54, 1.807) is 6.07 Å². The van der Waals surface area contributed by atoms with Gasteiger partial charge in [-0.3, -0.25) is 4.79 Å². The van der Waals surface area contributed by atoms with Crippen LogP contribution in [0.2, 0.25) is 15.1 Å². The minimum absolute atomic E-state index is 0.0872. The van der Waals surface area contributed by atoms with E-state index in [9.17, 15) is 18.0 Å². The summed E-state index contributed by atoms with van der Waals surface area (Å²) >= 11 is 17.3. The lowest BCUT2D eigenvalue weighted by molar-refractivity contribution is -0.137. The van der Waals surface area contributed by atoms with Crippen molar-refractivity contribution in [1.82, 2.24) is 4.98 Å². The molecule has 0 unspecified atom stereocenters. The average Bonchev–Trinajstić information content (AvgIpc) is 3.08. The van der Waals surface area contributed by atoms with Crippen molar-refractivity contribution in [2.45, 2.75) is 6.18 Å². The van der Waals surface area contributed by atoms with E-state index in [1.807, 2.05) is 0 Å². The highest BCUT2D eigenvalue weighted by molar-refractivity contribution is 6.42. The van der Waals surface area contributed by atoms with Crippen molar-refractivity contribution >= 4 is 46.4 Å². The standard InChI is InChI=1S/C17H8Cl3F3N2O2/c18-11-4-2-9(6-10(11)17(21,22)23)24-15(26)14-7-27-16(25-14)8-1-3-12(19)13(20)5-8/h1-7H,(H,24,26). The van der Waals surface area contributed by atoms with Crippen molar-refractivity contribution in [2.24, 2.45) is 0 Å². The molecule has 0 spiro atoms. The number of rotatable bonds is 3. The van der Waals surface area contributed by atoms with E-state index in [1.165, 1.54) is 18.2 Å². The zero-order valence-electron chi connectivity index (χ0n) is 13.1. The van der Waals surface area contributed by atoms with E-state index in [0.717, 1.165) is 18.4 Å². The topological polar surface area (TPSA) is 55.1 Å². The second-order valence-corrected chi connectivity index (χ2v) is 6.53. The average molecular weight is 436 g/mol. The molecular weight excluding hydrogens is 428 g/mol. The van der Waals surface area contributed by atoms with Gasteiger partial charge in [0.05, 0.1) is 20.6 Å². The maximum atomic E-state index is 12.9. The Morgan fingerprint density at radius 2 is 1.70 bits per heavy atom. The highest BCUT2D eigenvalue weighted by atomic mass is 35.5. The fourth-order valence-electron chi connectivity index (χ4n) is 2.16. The van der Waals surface area contributed by atoms with Gasteiger partial charge in [-0.1, -0.05) is 34.8 Å². The molecule has 10 heteroatoms. The number of amides is 1. The number of oxazole rings is 1. The van der Waals surface area contributed by atoms with Gasteiger partial charge in [0.15, 0.2) is 5.69 Å². The third-order valence-electron chi connectivity index (χ3n) is 3.43. The Labute approximate surface area is 165 Å². The van der Waals surface area contributed by atoms with E-state index >= 15 is 0 Å². The number of nitrogens with one attached hydrogen (secondary N) is 1. The van der Waals surface area contributed by atoms with Crippen LogP contribution in [0.4, 0.5) is 18.9 Å². The first kappa shape index (κ1) is 19.5. The smallest absolute Gasteiger partial charge is 0.417 e. The van der Waals surface area contributed by atoms with Crippen LogP contribution < -0.4 is 5.32 Å². The molecule has 0 fully saturated rings. The van der Waals surface area contributed by atoms with E-state index in [2.05, 4.69) is 10.3 Å². The van der Waals surface area contributed by atoms with Gasteiger partial charge in [-0.05, 0) is 36.4 Å². The van der Waals surface area contributed by atoms with Crippen LogP contribution in [0.3, 0.4) is 0 Å². The number of halogens is 6. The highest BCUT2D eigenvalue weighted by Gasteiger charge is 2.33. The number of nitrogens with zero attached hydrogens (tertiary/aromatic N) is 1. The Morgan fingerprint density at radius 1 is 1.00 bits per heavy atom. The zero-order chi connectivity index (χ0) is 19.8. The molecule has 2 aromatic carbocycles. The molecule has 0 radical (unpaired) electrons. The van der Waals surface area contributed by atoms with Crippen molar-refractivity contribution in [3.05, 3.63) is 69.0 Å². The van der Waals surface area contributed by atoms with Crippen molar-refractivity contribution in [3.8, 4) is 11.5 Å². The summed E-state index contributed by atoms with van der Waals surface area (Å²) in [6.07, 6.45) is -3.57. The van der Waals surface area contributed by atoms with E-state index in [4.69, 9.17) is 39.2 Å². The van der Waals surface area contributed by atoms with Crippen LogP contribution in [0.5, 0.6) is 0 Å². The number of hydrogen-bond donors (Lipinski definition) is 1. The van der Waals surface area contributed by atoms with Crippen molar-refractivity contribution in [3.63, 3.8) is 0 Å². The predicted molar refractivity (Wildman–Crippen MR) is 96.4 cm³/mol. The molecule has 1 N–H and O–H groups in total. The molecule has 3 rings (SSSR count). The summed E-state index contributed by atoms with van der Waals surface area (Å²) in [5.41, 5.74) is -0.789. The number of benzene rings is 2. The van der Waals surface area contributed by atoms with Crippen LogP contribution in [0, 0.1) is 0 Å². The van der Waals surface area contributed by atoms with Crippen LogP contribution >= 0.6 is 34.8 Å². The van der Waals surface area contributed by atoms with Crippen molar-refractivity contribution in [1.29, 1.82) is 0 Å². The van der Waals surface area contributed by atoms with Gasteiger partial charge in [0.2, 0.25) is 5.89 Å². The fraction of sp³-hybridized carbons (Fsp3) is 0.0588. The van der Waals surface area contributed by atoms with Crippen LogP contribution in [-0.4, -0.2) is 10.9 Å². The number of hydrogen-bond acceptors (Lipinski definition) is 3. The molecule has 0 saturated heterocycles. The molecule has 0 aliphatic heterocycles. The molecule has 0 aliphatic carbocycles. The molecule has 1 heterocycles. The first-order chi connectivity index (χ1) is 12.6. The largest absolute Gasteiger partial charge is 0.444 e. The summed E-state index contributed by atoms with van der Waals surface area (Å²) in [6.45, 7) is 0. The maximum absolute atomic E-state index is 12.9. The lowest BCUT2D eigenvalue weighted by Crippen LogP contribution is -2.13. The summed E-state index contributed by atoms with van der Waals surface area (Å²) in [5, 5.41) is 2.47. The first-order valence-electron chi connectivity index (χ1n) is 7.24. The monoisotopic (exact) mass is 434 g/mol. The summed E-state index contributed by atoms with van der Waals surface area (Å²) in [4.78, 5) is 16.2. The van der Waals surface area contributed by atoms with Gasteiger partial charge in [0.1, 0.15) is 6.26 Å². The Hall–Kier alpha value is -2.22.